The number of carbonyl (C=O) groups excluding carboxylic acids is 1. The summed E-state index contributed by atoms with van der Waals surface area (Å²) in [6.07, 6.45) is 1.84. The van der Waals surface area contributed by atoms with E-state index in [1.807, 2.05) is 48.5 Å². The first-order valence-electron chi connectivity index (χ1n) is 10.0. The van der Waals surface area contributed by atoms with E-state index in [9.17, 15) is 19.1 Å². The van der Waals surface area contributed by atoms with E-state index in [2.05, 4.69) is 10.3 Å². The number of fused-ring (bicyclic) bond motifs is 3. The summed E-state index contributed by atoms with van der Waals surface area (Å²) >= 11 is 1.26. The highest BCUT2D eigenvalue weighted by Crippen LogP contribution is 2.44. The highest BCUT2D eigenvalue weighted by molar-refractivity contribution is 7.98. The maximum Gasteiger partial charge on any atom is 0.407 e. The van der Waals surface area contributed by atoms with Crippen molar-refractivity contribution in [1.29, 1.82) is 0 Å². The highest BCUT2D eigenvalue weighted by atomic mass is 32.2. The smallest absolute Gasteiger partial charge is 0.407 e. The second-order valence-corrected chi connectivity index (χ2v) is 8.42. The lowest BCUT2D eigenvalue weighted by atomic mass is 9.98. The third-order valence-electron chi connectivity index (χ3n) is 5.25. The van der Waals surface area contributed by atoms with Crippen LogP contribution in [0.15, 0.2) is 67.0 Å². The van der Waals surface area contributed by atoms with E-state index < -0.39 is 23.9 Å². The summed E-state index contributed by atoms with van der Waals surface area (Å²) in [5.74, 6) is -1.24. The van der Waals surface area contributed by atoms with Gasteiger partial charge in [-0.1, -0.05) is 48.5 Å². The number of halogens is 1. The van der Waals surface area contributed by atoms with E-state index >= 15 is 0 Å². The van der Waals surface area contributed by atoms with Crippen LogP contribution >= 0.6 is 11.8 Å². The first-order chi connectivity index (χ1) is 15.5. The van der Waals surface area contributed by atoms with Gasteiger partial charge in [-0.15, -0.1) is 0 Å². The summed E-state index contributed by atoms with van der Waals surface area (Å²) in [6, 6.07) is 16.2. The topological polar surface area (TPSA) is 88.5 Å². The Morgan fingerprint density at radius 3 is 2.38 bits per heavy atom. The molecule has 2 N–H and O–H groups in total. The summed E-state index contributed by atoms with van der Waals surface area (Å²) in [7, 11) is 0. The van der Waals surface area contributed by atoms with Crippen LogP contribution in [0.4, 0.5) is 9.18 Å². The van der Waals surface area contributed by atoms with Gasteiger partial charge in [0.2, 0.25) is 0 Å². The average Bonchev–Trinajstić information content (AvgIpc) is 3.11. The molecule has 3 aromatic rings. The molecular weight excluding hydrogens is 431 g/mol. The minimum Gasteiger partial charge on any atom is -0.480 e. The first-order valence-corrected chi connectivity index (χ1v) is 11.2. The van der Waals surface area contributed by atoms with Crippen LogP contribution in [0.5, 0.6) is 0 Å². The number of benzene rings is 2. The summed E-state index contributed by atoms with van der Waals surface area (Å²) in [4.78, 5) is 27.7. The molecule has 0 radical (unpaired) electrons. The molecule has 0 bridgehead atoms. The van der Waals surface area contributed by atoms with Crippen molar-refractivity contribution in [3.05, 3.63) is 89.5 Å². The van der Waals surface area contributed by atoms with Gasteiger partial charge in [-0.2, -0.15) is 11.8 Å². The SMILES string of the molecule is O=C(NC(CSCc1cncc(F)c1)C(=O)O)OCC1c2ccccc2-c2ccccc21. The molecule has 0 spiro atoms. The number of nitrogens with zero attached hydrogens (tertiary/aromatic N) is 1. The van der Waals surface area contributed by atoms with Gasteiger partial charge >= 0.3 is 12.1 Å². The Balaban J connectivity index is 1.34. The maximum absolute atomic E-state index is 13.2. The van der Waals surface area contributed by atoms with E-state index in [-0.39, 0.29) is 18.3 Å². The predicted octanol–water partition coefficient (Wildman–Crippen LogP) is 4.45. The predicted molar refractivity (Wildman–Crippen MR) is 120 cm³/mol. The van der Waals surface area contributed by atoms with Gasteiger partial charge in [0.1, 0.15) is 18.5 Å². The molecule has 1 aliphatic carbocycles. The van der Waals surface area contributed by atoms with Crippen molar-refractivity contribution in [1.82, 2.24) is 10.3 Å². The fourth-order valence-corrected chi connectivity index (χ4v) is 4.76. The van der Waals surface area contributed by atoms with Gasteiger partial charge in [0.05, 0.1) is 6.20 Å². The molecule has 8 heteroatoms. The molecule has 0 aliphatic heterocycles. The standard InChI is InChI=1S/C24H21FN2O4S/c25-16-9-15(10-26-11-16)13-32-14-22(23(28)29)27-24(30)31-12-21-19-7-3-1-5-17(19)18-6-2-4-8-20(18)21/h1-11,21-22H,12-14H2,(H,27,30)(H,28,29). The molecule has 1 atom stereocenters. The zero-order valence-electron chi connectivity index (χ0n) is 17.0. The van der Waals surface area contributed by atoms with Crippen molar-refractivity contribution < 1.29 is 23.8 Å². The first kappa shape index (κ1) is 21.8. The van der Waals surface area contributed by atoms with Crippen LogP contribution < -0.4 is 5.32 Å². The van der Waals surface area contributed by atoms with Gasteiger partial charge in [0, 0.05) is 23.6 Å². The fourth-order valence-electron chi connectivity index (χ4n) is 3.79. The number of hydrogen-bond donors (Lipinski definition) is 2. The van der Waals surface area contributed by atoms with Gasteiger partial charge in [0.15, 0.2) is 0 Å². The monoisotopic (exact) mass is 452 g/mol. The Labute approximate surface area is 188 Å². The lowest BCUT2D eigenvalue weighted by molar-refractivity contribution is -0.138. The van der Waals surface area contributed by atoms with Crippen molar-refractivity contribution in [2.24, 2.45) is 0 Å². The molecule has 1 heterocycles. The minimum absolute atomic E-state index is 0.105. The van der Waals surface area contributed by atoms with Gasteiger partial charge in [-0.05, 0) is 33.9 Å². The second kappa shape index (κ2) is 9.82. The van der Waals surface area contributed by atoms with E-state index in [1.54, 1.807) is 0 Å². The molecule has 1 aliphatic rings. The minimum atomic E-state index is -1.16. The van der Waals surface area contributed by atoms with Gasteiger partial charge in [-0.25, -0.2) is 14.0 Å². The molecule has 0 saturated carbocycles. The molecule has 164 valence electrons. The van der Waals surface area contributed by atoms with E-state index in [0.717, 1.165) is 28.5 Å². The van der Waals surface area contributed by atoms with Crippen molar-refractivity contribution in [3.8, 4) is 11.1 Å². The molecule has 0 saturated heterocycles. The number of carboxylic acid groups (broad SMARTS) is 1. The van der Waals surface area contributed by atoms with E-state index in [4.69, 9.17) is 4.74 Å². The molecule has 32 heavy (non-hydrogen) atoms. The largest absolute Gasteiger partial charge is 0.480 e. The zero-order chi connectivity index (χ0) is 22.5. The molecule has 1 aromatic heterocycles. The molecule has 1 unspecified atom stereocenters. The number of carbonyl (C=O) groups is 2. The number of alkyl carbamates (subject to hydrolysis) is 1. The van der Waals surface area contributed by atoms with Crippen LogP contribution in [0.3, 0.4) is 0 Å². The molecule has 6 nitrogen and oxygen atoms in total. The van der Waals surface area contributed by atoms with E-state index in [1.165, 1.54) is 24.0 Å². The van der Waals surface area contributed by atoms with Crippen molar-refractivity contribution >= 4 is 23.8 Å². The number of nitrogens with one attached hydrogen (secondary N) is 1. The quantitative estimate of drug-likeness (QED) is 0.525. The number of hydrogen-bond acceptors (Lipinski definition) is 5. The maximum atomic E-state index is 13.2. The van der Waals surface area contributed by atoms with Gasteiger partial charge in [0.25, 0.3) is 0 Å². The zero-order valence-corrected chi connectivity index (χ0v) is 17.8. The third kappa shape index (κ3) is 4.91. The molecule has 0 fully saturated rings. The van der Waals surface area contributed by atoms with Crippen molar-refractivity contribution in [3.63, 3.8) is 0 Å². The van der Waals surface area contributed by atoms with Crippen LogP contribution in [-0.4, -0.2) is 40.6 Å². The number of carboxylic acids is 1. The fraction of sp³-hybridized carbons (Fsp3) is 0.208. The molecule has 4 rings (SSSR count). The lowest BCUT2D eigenvalue weighted by Gasteiger charge is -2.17. The third-order valence-corrected chi connectivity index (χ3v) is 6.36. The van der Waals surface area contributed by atoms with Crippen molar-refractivity contribution in [2.75, 3.05) is 12.4 Å². The van der Waals surface area contributed by atoms with Gasteiger partial charge < -0.3 is 15.2 Å². The van der Waals surface area contributed by atoms with E-state index in [0.29, 0.717) is 11.3 Å². The Kier molecular flexibility index (Phi) is 6.70. The Morgan fingerprint density at radius 1 is 1.09 bits per heavy atom. The van der Waals surface area contributed by atoms with Crippen LogP contribution in [-0.2, 0) is 15.3 Å². The average molecular weight is 453 g/mol. The van der Waals surface area contributed by atoms with Crippen LogP contribution in [0.25, 0.3) is 11.1 Å². The van der Waals surface area contributed by atoms with Crippen LogP contribution in [0, 0.1) is 5.82 Å². The van der Waals surface area contributed by atoms with Crippen LogP contribution in [0.2, 0.25) is 0 Å². The Morgan fingerprint density at radius 2 is 1.75 bits per heavy atom. The number of pyridine rings is 1. The number of ether oxygens (including phenoxy) is 1. The Bertz CT molecular complexity index is 1090. The number of thioether (sulfide) groups is 1. The summed E-state index contributed by atoms with van der Waals surface area (Å²) in [5.41, 5.74) is 5.03. The molecular formula is C24H21FN2O4S. The molecule has 1 amide bonds. The number of rotatable bonds is 8. The van der Waals surface area contributed by atoms with Crippen LogP contribution in [0.1, 0.15) is 22.6 Å². The highest BCUT2D eigenvalue weighted by Gasteiger charge is 2.29. The summed E-state index contributed by atoms with van der Waals surface area (Å²) < 4.78 is 18.6. The molecule has 2 aromatic carbocycles. The number of aromatic nitrogens is 1. The number of amides is 1. The Hall–Kier alpha value is -3.39. The normalized spacial score (nSPS) is 13.2. The summed E-state index contributed by atoms with van der Waals surface area (Å²) in [6.45, 7) is 0.105. The lowest BCUT2D eigenvalue weighted by Crippen LogP contribution is -2.43. The van der Waals surface area contributed by atoms with Gasteiger partial charge in [-0.3, -0.25) is 4.98 Å². The van der Waals surface area contributed by atoms with Crippen molar-refractivity contribution in [2.45, 2.75) is 17.7 Å². The summed E-state index contributed by atoms with van der Waals surface area (Å²) in [5, 5.41) is 11.9. The second-order valence-electron chi connectivity index (χ2n) is 7.39. The number of aliphatic carboxylic acids is 1.